The van der Waals surface area contributed by atoms with Gasteiger partial charge in [-0.2, -0.15) is 0 Å². The summed E-state index contributed by atoms with van der Waals surface area (Å²) in [6.07, 6.45) is 1.01. The molecule has 0 spiro atoms. The zero-order valence-electron chi connectivity index (χ0n) is 12.7. The average Bonchev–Trinajstić information content (AvgIpc) is 2.28. The molecule has 1 aliphatic carbocycles. The van der Waals surface area contributed by atoms with Crippen molar-refractivity contribution in [1.82, 2.24) is 10.6 Å². The number of hydrogen-bond donors (Lipinski definition) is 2. The molecule has 0 aromatic heterocycles. The maximum absolute atomic E-state index is 12.9. The lowest BCUT2D eigenvalue weighted by atomic mass is 9.55. The Hall–Kier alpha value is -0.840. The van der Waals surface area contributed by atoms with Gasteiger partial charge in [-0.15, -0.1) is 0 Å². The number of carbonyl (C=O) groups excluding carboxylic acids is 1. The van der Waals surface area contributed by atoms with Crippen LogP contribution in [-0.4, -0.2) is 37.0 Å². The summed E-state index contributed by atoms with van der Waals surface area (Å²) in [6.45, 7) is 10.6. The van der Waals surface area contributed by atoms with Crippen molar-refractivity contribution in [3.05, 3.63) is 0 Å². The Morgan fingerprint density at radius 3 is 2.37 bits per heavy atom. The van der Waals surface area contributed by atoms with Gasteiger partial charge in [0.05, 0.1) is 12.2 Å². The highest BCUT2D eigenvalue weighted by atomic mass is 19.1. The SMILES string of the molecule is CC.CC(C)(C)OC(=O)NC12CNCC(CF)(C1)C2. The Morgan fingerprint density at radius 2 is 1.89 bits per heavy atom. The van der Waals surface area contributed by atoms with Crippen LogP contribution in [0.1, 0.15) is 47.5 Å². The van der Waals surface area contributed by atoms with Gasteiger partial charge in [0.15, 0.2) is 0 Å². The predicted molar refractivity (Wildman–Crippen MR) is 74.0 cm³/mol. The largest absolute Gasteiger partial charge is 0.444 e. The van der Waals surface area contributed by atoms with Crippen LogP contribution >= 0.6 is 0 Å². The highest BCUT2D eigenvalue weighted by Crippen LogP contribution is 2.50. The van der Waals surface area contributed by atoms with E-state index in [1.54, 1.807) is 0 Å². The summed E-state index contributed by atoms with van der Waals surface area (Å²) in [7, 11) is 0. The topological polar surface area (TPSA) is 50.4 Å². The van der Waals surface area contributed by atoms with E-state index in [1.807, 2.05) is 34.6 Å². The van der Waals surface area contributed by atoms with Crippen molar-refractivity contribution >= 4 is 6.09 Å². The molecule has 19 heavy (non-hydrogen) atoms. The number of amides is 1. The number of ether oxygens (including phenoxy) is 1. The van der Waals surface area contributed by atoms with E-state index >= 15 is 0 Å². The molecule has 2 heterocycles. The van der Waals surface area contributed by atoms with Gasteiger partial charge in [-0.05, 0) is 33.6 Å². The fourth-order valence-electron chi connectivity index (χ4n) is 3.00. The first-order chi connectivity index (χ1) is 8.78. The third kappa shape index (κ3) is 3.81. The van der Waals surface area contributed by atoms with E-state index < -0.39 is 11.7 Å². The van der Waals surface area contributed by atoms with E-state index in [-0.39, 0.29) is 17.6 Å². The third-order valence-corrected chi connectivity index (χ3v) is 3.44. The molecule has 0 aromatic carbocycles. The number of rotatable bonds is 2. The van der Waals surface area contributed by atoms with Gasteiger partial charge in [0.1, 0.15) is 5.60 Å². The van der Waals surface area contributed by atoms with Gasteiger partial charge in [0.2, 0.25) is 0 Å². The molecule has 0 atom stereocenters. The minimum absolute atomic E-state index is 0.257. The first-order valence-electron chi connectivity index (χ1n) is 7.06. The lowest BCUT2D eigenvalue weighted by Crippen LogP contribution is -2.73. The third-order valence-electron chi connectivity index (χ3n) is 3.44. The summed E-state index contributed by atoms with van der Waals surface area (Å²) >= 11 is 0. The molecule has 3 rings (SSSR count). The van der Waals surface area contributed by atoms with E-state index in [4.69, 9.17) is 4.74 Å². The molecular weight excluding hydrogens is 247 g/mol. The molecule has 2 aliphatic heterocycles. The van der Waals surface area contributed by atoms with Crippen LogP contribution in [0.5, 0.6) is 0 Å². The molecule has 5 heteroatoms. The summed E-state index contributed by atoms with van der Waals surface area (Å²) in [5, 5.41) is 6.06. The summed E-state index contributed by atoms with van der Waals surface area (Å²) in [6, 6.07) is 0. The minimum atomic E-state index is -0.496. The van der Waals surface area contributed by atoms with Gasteiger partial charge in [0.25, 0.3) is 0 Å². The molecular formula is C14H27FN2O2. The number of alkyl carbamates (subject to hydrolysis) is 1. The fourth-order valence-corrected chi connectivity index (χ4v) is 3.00. The van der Waals surface area contributed by atoms with Crippen molar-refractivity contribution in [2.45, 2.75) is 58.6 Å². The Balaban J connectivity index is 0.000000861. The second-order valence-corrected chi connectivity index (χ2v) is 6.50. The van der Waals surface area contributed by atoms with Crippen LogP contribution < -0.4 is 10.6 Å². The van der Waals surface area contributed by atoms with Crippen LogP contribution in [0, 0.1) is 5.41 Å². The molecule has 2 N–H and O–H groups in total. The highest BCUT2D eigenvalue weighted by Gasteiger charge is 2.58. The normalized spacial score (nSPS) is 32.5. The summed E-state index contributed by atoms with van der Waals surface area (Å²) in [5.74, 6) is 0. The number of alkyl halides is 1. The smallest absolute Gasteiger partial charge is 0.408 e. The van der Waals surface area contributed by atoms with Crippen LogP contribution in [0.4, 0.5) is 9.18 Å². The second-order valence-electron chi connectivity index (χ2n) is 6.50. The number of carbonyl (C=O) groups is 1. The summed E-state index contributed by atoms with van der Waals surface area (Å²) in [4.78, 5) is 11.7. The van der Waals surface area contributed by atoms with Crippen LogP contribution in [0.15, 0.2) is 0 Å². The molecule has 4 nitrogen and oxygen atoms in total. The molecule has 0 unspecified atom stereocenters. The fraction of sp³-hybridized carbons (Fsp3) is 0.929. The van der Waals surface area contributed by atoms with Crippen LogP contribution in [-0.2, 0) is 4.74 Å². The number of nitrogens with one attached hydrogen (secondary N) is 2. The van der Waals surface area contributed by atoms with Gasteiger partial charge in [0, 0.05) is 18.5 Å². The van der Waals surface area contributed by atoms with Crippen molar-refractivity contribution < 1.29 is 13.9 Å². The van der Waals surface area contributed by atoms with Crippen LogP contribution in [0.2, 0.25) is 0 Å². The lowest BCUT2D eigenvalue weighted by Gasteiger charge is -2.59. The molecule has 3 aliphatic rings. The maximum Gasteiger partial charge on any atom is 0.408 e. The Kier molecular flexibility index (Phi) is 4.82. The van der Waals surface area contributed by atoms with Crippen molar-refractivity contribution in [2.24, 2.45) is 5.41 Å². The van der Waals surface area contributed by atoms with Crippen LogP contribution in [0.3, 0.4) is 0 Å². The van der Waals surface area contributed by atoms with E-state index in [2.05, 4.69) is 10.6 Å². The lowest BCUT2D eigenvalue weighted by molar-refractivity contribution is -0.0544. The highest BCUT2D eigenvalue weighted by molar-refractivity contribution is 5.69. The number of piperidine rings is 2. The van der Waals surface area contributed by atoms with E-state index in [1.165, 1.54) is 0 Å². The number of fused-ring (bicyclic) bond motifs is 2. The Bertz CT molecular complexity index is 320. The van der Waals surface area contributed by atoms with Crippen molar-refractivity contribution in [2.75, 3.05) is 19.8 Å². The molecule has 112 valence electrons. The monoisotopic (exact) mass is 274 g/mol. The molecule has 0 aromatic rings. The molecule has 1 amide bonds. The maximum atomic E-state index is 12.9. The van der Waals surface area contributed by atoms with Gasteiger partial charge >= 0.3 is 6.09 Å². The Morgan fingerprint density at radius 1 is 1.32 bits per heavy atom. The molecule has 0 radical (unpaired) electrons. The molecule has 3 fully saturated rings. The zero-order chi connectivity index (χ0) is 14.7. The first-order valence-corrected chi connectivity index (χ1v) is 7.06. The Labute approximate surface area is 115 Å². The van der Waals surface area contributed by atoms with Crippen molar-refractivity contribution in [1.29, 1.82) is 0 Å². The first kappa shape index (κ1) is 16.2. The van der Waals surface area contributed by atoms with Gasteiger partial charge in [-0.25, -0.2) is 4.79 Å². The van der Waals surface area contributed by atoms with Gasteiger partial charge in [-0.3, -0.25) is 4.39 Å². The van der Waals surface area contributed by atoms with E-state index in [9.17, 15) is 9.18 Å². The summed E-state index contributed by atoms with van der Waals surface area (Å²) in [5.41, 5.74) is -1.05. The molecule has 1 saturated carbocycles. The standard InChI is InChI=1S/C12H21FN2O2.C2H6/c1-10(2,3)17-9(16)15-12-4-11(5-12,6-13)7-14-8-12;1-2/h14H,4-8H2,1-3H3,(H,15,16);1-2H3. The molecule has 2 saturated heterocycles. The number of hydrogen-bond acceptors (Lipinski definition) is 3. The quantitative estimate of drug-likeness (QED) is 0.814. The summed E-state index contributed by atoms with van der Waals surface area (Å²) < 4.78 is 18.1. The van der Waals surface area contributed by atoms with Crippen molar-refractivity contribution in [3.63, 3.8) is 0 Å². The molecule has 2 bridgehead atoms. The van der Waals surface area contributed by atoms with Crippen molar-refractivity contribution in [3.8, 4) is 0 Å². The van der Waals surface area contributed by atoms with Gasteiger partial charge in [-0.1, -0.05) is 13.8 Å². The zero-order valence-corrected chi connectivity index (χ0v) is 12.7. The van der Waals surface area contributed by atoms with E-state index in [0.29, 0.717) is 25.9 Å². The number of halogens is 1. The van der Waals surface area contributed by atoms with E-state index in [0.717, 1.165) is 0 Å². The van der Waals surface area contributed by atoms with Gasteiger partial charge < -0.3 is 15.4 Å². The van der Waals surface area contributed by atoms with Crippen LogP contribution in [0.25, 0.3) is 0 Å². The second kappa shape index (κ2) is 5.65. The predicted octanol–water partition coefficient (Wildman–Crippen LogP) is 2.63. The minimum Gasteiger partial charge on any atom is -0.444 e. The average molecular weight is 274 g/mol.